The van der Waals surface area contributed by atoms with Crippen molar-refractivity contribution in [1.82, 2.24) is 14.8 Å². The molecule has 2 aliphatic heterocycles. The molecule has 1 saturated carbocycles. The van der Waals surface area contributed by atoms with Gasteiger partial charge in [-0.2, -0.15) is 5.10 Å². The van der Waals surface area contributed by atoms with E-state index >= 15 is 0 Å². The van der Waals surface area contributed by atoms with Crippen molar-refractivity contribution in [2.45, 2.75) is 81.3 Å². The summed E-state index contributed by atoms with van der Waals surface area (Å²) in [6, 6.07) is 22.5. The Kier molecular flexibility index (Phi) is 7.45. The number of nitrogens with zero attached hydrogens (tertiary/aromatic N) is 3. The van der Waals surface area contributed by atoms with Crippen LogP contribution in [-0.4, -0.2) is 53.3 Å². The molecule has 0 radical (unpaired) electrons. The Morgan fingerprint density at radius 1 is 1.00 bits per heavy atom. The molecular formula is C34H35Cl2N3O4Si. The van der Waals surface area contributed by atoms with Gasteiger partial charge in [-0.05, 0) is 34.3 Å². The van der Waals surface area contributed by atoms with Crippen molar-refractivity contribution < 1.29 is 18.6 Å². The van der Waals surface area contributed by atoms with Gasteiger partial charge < -0.3 is 18.6 Å². The van der Waals surface area contributed by atoms with Gasteiger partial charge in [-0.15, -0.1) is 6.42 Å². The highest BCUT2D eigenvalue weighted by Gasteiger charge is 2.67. The van der Waals surface area contributed by atoms with Gasteiger partial charge in [0.2, 0.25) is 0 Å². The Morgan fingerprint density at radius 3 is 2.23 bits per heavy atom. The fraction of sp³-hybridized carbons (Fsp3) is 0.412. The van der Waals surface area contributed by atoms with Crippen LogP contribution in [0.25, 0.3) is 11.0 Å². The zero-order valence-corrected chi connectivity index (χ0v) is 27.5. The number of benzene rings is 2. The molecule has 44 heavy (non-hydrogen) atoms. The van der Waals surface area contributed by atoms with Gasteiger partial charge in [0.05, 0.1) is 23.2 Å². The number of aromatic nitrogens is 3. The van der Waals surface area contributed by atoms with Crippen molar-refractivity contribution in [2.24, 2.45) is 0 Å². The third-order valence-corrected chi connectivity index (χ3v) is 14.8. The smallest absolute Gasteiger partial charge is 0.261 e. The number of rotatable bonds is 6. The summed E-state index contributed by atoms with van der Waals surface area (Å²) in [7, 11) is -2.95. The van der Waals surface area contributed by atoms with Crippen LogP contribution in [0.4, 0.5) is 0 Å². The van der Waals surface area contributed by atoms with E-state index in [0.717, 1.165) is 36.1 Å². The number of terminal acetylenes is 1. The standard InChI is InChI=1S/C34H35Cl2N3O4Si/c1-5-33(22-40-44(32(2,3)4,23-14-8-6-9-15-23)24-16-10-7-11-17-24)29-28(41-34(42-29)18-12-13-19-34)31(43-33)39-30-25(21-37-39)26(35)20-27(36)38-30/h1,6-11,14-17,20-21,28-29,31H,12-13,18-19,22H2,2-4H3/t28-,29+,31-,33-/m1/s1. The first kappa shape index (κ1) is 29.9. The Labute approximate surface area is 268 Å². The first-order valence-corrected chi connectivity index (χ1v) is 17.7. The summed E-state index contributed by atoms with van der Waals surface area (Å²) in [6.45, 7) is 6.81. The number of fused-ring (bicyclic) bond motifs is 2. The van der Waals surface area contributed by atoms with E-state index in [4.69, 9.17) is 48.3 Å². The van der Waals surface area contributed by atoms with Crippen molar-refractivity contribution in [2.75, 3.05) is 6.61 Å². The van der Waals surface area contributed by atoms with E-state index in [2.05, 4.69) is 85.3 Å². The molecule has 0 amide bonds. The van der Waals surface area contributed by atoms with Crippen molar-refractivity contribution in [3.05, 3.63) is 83.1 Å². The van der Waals surface area contributed by atoms with Crippen LogP contribution >= 0.6 is 23.2 Å². The fourth-order valence-corrected chi connectivity index (χ4v) is 12.3. The van der Waals surface area contributed by atoms with Gasteiger partial charge in [-0.3, -0.25) is 0 Å². The zero-order valence-electron chi connectivity index (χ0n) is 25.0. The van der Waals surface area contributed by atoms with Crippen LogP contribution in [0.2, 0.25) is 15.2 Å². The molecule has 10 heteroatoms. The molecule has 0 N–H and O–H groups in total. The lowest BCUT2D eigenvalue weighted by molar-refractivity contribution is -0.227. The maximum atomic E-state index is 7.34. The summed E-state index contributed by atoms with van der Waals surface area (Å²) in [6.07, 6.45) is 9.84. The number of ether oxygens (including phenoxy) is 3. The SMILES string of the molecule is C#C[C@]1(CO[Si](c2ccccc2)(c2ccccc2)C(C)(C)C)O[C@@H](n2ncc3c(Cl)cc(Cl)nc32)[C@@H]2OC3(CCCC3)O[C@@H]21. The van der Waals surface area contributed by atoms with Gasteiger partial charge in [-0.25, -0.2) is 9.67 Å². The largest absolute Gasteiger partial charge is 0.403 e. The summed E-state index contributed by atoms with van der Waals surface area (Å²) >= 11 is 12.8. The molecule has 7 rings (SSSR count). The van der Waals surface area contributed by atoms with E-state index < -0.39 is 38.1 Å². The number of halogens is 2. The van der Waals surface area contributed by atoms with E-state index in [1.165, 1.54) is 0 Å². The van der Waals surface area contributed by atoms with Gasteiger partial charge in [0.1, 0.15) is 17.4 Å². The molecule has 7 nitrogen and oxygen atoms in total. The minimum atomic E-state index is -2.95. The van der Waals surface area contributed by atoms with Crippen molar-refractivity contribution in [3.63, 3.8) is 0 Å². The predicted octanol–water partition coefficient (Wildman–Crippen LogP) is 6.27. The molecule has 4 atom stereocenters. The second-order valence-corrected chi connectivity index (χ2v) is 18.1. The van der Waals surface area contributed by atoms with E-state index in [-0.39, 0.29) is 16.8 Å². The summed E-state index contributed by atoms with van der Waals surface area (Å²) in [5.41, 5.74) is -0.780. The number of hydrogen-bond donors (Lipinski definition) is 0. The summed E-state index contributed by atoms with van der Waals surface area (Å²) in [5.74, 6) is 2.28. The summed E-state index contributed by atoms with van der Waals surface area (Å²) < 4.78 is 29.5. The minimum Gasteiger partial charge on any atom is -0.403 e. The molecule has 1 aliphatic carbocycles. The molecule has 2 aromatic carbocycles. The predicted molar refractivity (Wildman–Crippen MR) is 174 cm³/mol. The highest BCUT2D eigenvalue weighted by Crippen LogP contribution is 2.53. The molecule has 2 saturated heterocycles. The Hall–Kier alpha value is -2.74. The van der Waals surface area contributed by atoms with Crippen LogP contribution in [0.15, 0.2) is 72.9 Å². The van der Waals surface area contributed by atoms with Gasteiger partial charge >= 0.3 is 0 Å². The van der Waals surface area contributed by atoms with Crippen molar-refractivity contribution >= 4 is 52.9 Å². The highest BCUT2D eigenvalue weighted by molar-refractivity contribution is 6.99. The summed E-state index contributed by atoms with van der Waals surface area (Å²) in [5, 5.41) is 8.07. The monoisotopic (exact) mass is 647 g/mol. The lowest BCUT2D eigenvalue weighted by Crippen LogP contribution is -2.68. The van der Waals surface area contributed by atoms with Gasteiger partial charge in [0.15, 0.2) is 23.3 Å². The quantitative estimate of drug-likeness (QED) is 0.140. The van der Waals surface area contributed by atoms with E-state index in [1.807, 2.05) is 12.1 Å². The molecule has 2 aromatic heterocycles. The molecule has 228 valence electrons. The second-order valence-electron chi connectivity index (χ2n) is 13.0. The lowest BCUT2D eigenvalue weighted by Gasteiger charge is -2.44. The van der Waals surface area contributed by atoms with Crippen molar-refractivity contribution in [3.8, 4) is 12.3 Å². The molecule has 0 unspecified atom stereocenters. The average Bonchev–Trinajstić information content (AvgIpc) is 3.79. The van der Waals surface area contributed by atoms with Crippen LogP contribution in [0.1, 0.15) is 52.7 Å². The van der Waals surface area contributed by atoms with Crippen LogP contribution in [0, 0.1) is 12.3 Å². The Bertz CT molecular complexity index is 1680. The molecule has 4 aromatic rings. The molecule has 3 aliphatic rings. The number of hydrogen-bond acceptors (Lipinski definition) is 6. The Morgan fingerprint density at radius 2 is 1.64 bits per heavy atom. The van der Waals surface area contributed by atoms with Crippen LogP contribution in [0.5, 0.6) is 0 Å². The molecule has 3 fully saturated rings. The molecular weight excluding hydrogens is 613 g/mol. The highest BCUT2D eigenvalue weighted by atomic mass is 35.5. The van der Waals surface area contributed by atoms with E-state index in [0.29, 0.717) is 16.1 Å². The topological polar surface area (TPSA) is 67.6 Å². The summed E-state index contributed by atoms with van der Waals surface area (Å²) in [4.78, 5) is 4.54. The Balaban J connectivity index is 1.33. The first-order chi connectivity index (χ1) is 21.1. The molecule has 4 heterocycles. The second kappa shape index (κ2) is 11.0. The zero-order chi connectivity index (χ0) is 30.7. The van der Waals surface area contributed by atoms with Crippen LogP contribution < -0.4 is 10.4 Å². The third-order valence-electron chi connectivity index (χ3n) is 9.32. The van der Waals surface area contributed by atoms with Crippen LogP contribution in [0.3, 0.4) is 0 Å². The van der Waals surface area contributed by atoms with E-state index in [9.17, 15) is 0 Å². The molecule has 1 spiro atoms. The van der Waals surface area contributed by atoms with Gasteiger partial charge in [0.25, 0.3) is 8.32 Å². The molecule has 0 bridgehead atoms. The van der Waals surface area contributed by atoms with Gasteiger partial charge in [0, 0.05) is 12.8 Å². The minimum absolute atomic E-state index is 0.0992. The normalized spacial score (nSPS) is 26.3. The average molecular weight is 649 g/mol. The maximum absolute atomic E-state index is 7.34. The lowest BCUT2D eigenvalue weighted by atomic mass is 9.97. The van der Waals surface area contributed by atoms with Gasteiger partial charge in [-0.1, -0.05) is 111 Å². The van der Waals surface area contributed by atoms with E-state index in [1.54, 1.807) is 16.9 Å². The van der Waals surface area contributed by atoms with Crippen molar-refractivity contribution in [1.29, 1.82) is 0 Å². The third kappa shape index (κ3) is 4.64. The first-order valence-electron chi connectivity index (χ1n) is 15.1. The number of pyridine rings is 1. The fourth-order valence-electron chi connectivity index (χ4n) is 7.28. The maximum Gasteiger partial charge on any atom is 0.261 e. The van der Waals surface area contributed by atoms with Crippen LogP contribution in [-0.2, 0) is 18.6 Å².